The molecule has 7 nitrogen and oxygen atoms in total. The van der Waals surface area contributed by atoms with Crippen molar-refractivity contribution in [2.75, 3.05) is 19.8 Å². The summed E-state index contributed by atoms with van der Waals surface area (Å²) in [5.41, 5.74) is 0. The molecule has 0 aromatic rings. The quantitative estimate of drug-likeness (QED) is 0.539. The van der Waals surface area contributed by atoms with Crippen LogP contribution in [-0.4, -0.2) is 24.7 Å². The molecule has 1 rings (SSSR count). The Kier molecular flexibility index (Phi) is 4.50. The van der Waals surface area contributed by atoms with Gasteiger partial charge >= 0.3 is 7.67 Å². The Hall–Kier alpha value is -0.650. The number of likely N-dealkylation sites (tertiary alicyclic amines) is 1. The standard InChI is InChI=1S/C7H14N3O4P/c1-7-2-4-10(5-3-7)6-14-15(13,8-11)9-12/h7H,2-6H2,1H3. The lowest BCUT2D eigenvalue weighted by molar-refractivity contribution is 0.0932. The zero-order valence-corrected chi connectivity index (χ0v) is 9.43. The highest BCUT2D eigenvalue weighted by atomic mass is 31.2. The molecule has 0 aromatic heterocycles. The van der Waals surface area contributed by atoms with E-state index in [4.69, 9.17) is 0 Å². The molecule has 1 fully saturated rings. The minimum atomic E-state index is -4.17. The van der Waals surface area contributed by atoms with Crippen molar-refractivity contribution >= 4 is 7.67 Å². The summed E-state index contributed by atoms with van der Waals surface area (Å²) in [6.07, 6.45) is 2.05. The lowest BCUT2D eigenvalue weighted by atomic mass is 10.00. The van der Waals surface area contributed by atoms with Crippen LogP contribution in [0.5, 0.6) is 0 Å². The monoisotopic (exact) mass is 235 g/mol. The fraction of sp³-hybridized carbons (Fsp3) is 1.00. The van der Waals surface area contributed by atoms with Gasteiger partial charge in [0.2, 0.25) is 0 Å². The molecule has 0 bridgehead atoms. The van der Waals surface area contributed by atoms with Crippen LogP contribution in [-0.2, 0) is 9.09 Å². The van der Waals surface area contributed by atoms with Gasteiger partial charge in [0.1, 0.15) is 6.73 Å². The van der Waals surface area contributed by atoms with Crippen molar-refractivity contribution < 1.29 is 9.09 Å². The van der Waals surface area contributed by atoms with E-state index in [0.29, 0.717) is 5.92 Å². The van der Waals surface area contributed by atoms with Gasteiger partial charge in [-0.3, -0.25) is 9.42 Å². The molecule has 0 unspecified atom stereocenters. The summed E-state index contributed by atoms with van der Waals surface area (Å²) in [6.45, 7) is 3.74. The predicted molar refractivity (Wildman–Crippen MR) is 55.1 cm³/mol. The number of nitroso groups, excluding NO2 is 2. The molecule has 0 aliphatic carbocycles. The Morgan fingerprint density at radius 3 is 2.33 bits per heavy atom. The van der Waals surface area contributed by atoms with Crippen LogP contribution in [0.2, 0.25) is 0 Å². The molecule has 0 amide bonds. The summed E-state index contributed by atoms with van der Waals surface area (Å²) in [5.74, 6) is 0.668. The highest BCUT2D eigenvalue weighted by molar-refractivity contribution is 7.55. The first-order valence-electron chi connectivity index (χ1n) is 4.76. The summed E-state index contributed by atoms with van der Waals surface area (Å²) in [4.78, 5) is 26.2. The lowest BCUT2D eigenvalue weighted by Crippen LogP contribution is -2.34. The van der Waals surface area contributed by atoms with Crippen LogP contribution in [0.15, 0.2) is 9.89 Å². The molecule has 0 atom stereocenters. The lowest BCUT2D eigenvalue weighted by Gasteiger charge is -2.29. The zero-order valence-electron chi connectivity index (χ0n) is 8.53. The average Bonchev–Trinajstić information content (AvgIpc) is 2.28. The maximum atomic E-state index is 11.1. The Bertz CT molecular complexity index is 265. The van der Waals surface area contributed by atoms with Crippen LogP contribution >= 0.6 is 7.67 Å². The van der Waals surface area contributed by atoms with Crippen molar-refractivity contribution in [3.05, 3.63) is 9.81 Å². The third-order valence-corrected chi connectivity index (χ3v) is 3.36. The molecule has 0 saturated carbocycles. The van der Waals surface area contributed by atoms with E-state index in [-0.39, 0.29) is 6.73 Å². The van der Waals surface area contributed by atoms with Gasteiger partial charge in [0.05, 0.1) is 0 Å². The van der Waals surface area contributed by atoms with Gasteiger partial charge in [0.25, 0.3) is 0 Å². The summed E-state index contributed by atoms with van der Waals surface area (Å²) in [7, 11) is -4.17. The smallest absolute Gasteiger partial charge is 0.280 e. The van der Waals surface area contributed by atoms with Crippen molar-refractivity contribution in [2.24, 2.45) is 15.8 Å². The van der Waals surface area contributed by atoms with E-state index in [9.17, 15) is 14.4 Å². The SMILES string of the molecule is CC1CCN(COP(=O)(N=O)N=O)CC1. The molecule has 1 heterocycles. The van der Waals surface area contributed by atoms with Gasteiger partial charge in [0, 0.05) is 23.0 Å². The largest absolute Gasteiger partial charge is 0.506 e. The van der Waals surface area contributed by atoms with Gasteiger partial charge in [-0.05, 0) is 18.8 Å². The second-order valence-electron chi connectivity index (χ2n) is 3.71. The van der Waals surface area contributed by atoms with Crippen LogP contribution in [0.4, 0.5) is 0 Å². The molecule has 0 radical (unpaired) electrons. The van der Waals surface area contributed by atoms with Crippen molar-refractivity contribution in [1.29, 1.82) is 0 Å². The fourth-order valence-electron chi connectivity index (χ4n) is 1.41. The van der Waals surface area contributed by atoms with E-state index >= 15 is 0 Å². The Morgan fingerprint density at radius 2 is 1.87 bits per heavy atom. The maximum absolute atomic E-state index is 11.1. The Labute approximate surface area is 87.7 Å². The molecule has 15 heavy (non-hydrogen) atoms. The number of piperidine rings is 1. The van der Waals surface area contributed by atoms with Gasteiger partial charge in [-0.25, -0.2) is 4.57 Å². The van der Waals surface area contributed by atoms with Gasteiger partial charge < -0.3 is 0 Å². The Morgan fingerprint density at radius 1 is 1.33 bits per heavy atom. The van der Waals surface area contributed by atoms with Crippen molar-refractivity contribution in [2.45, 2.75) is 19.8 Å². The summed E-state index contributed by atoms with van der Waals surface area (Å²) in [5, 5.41) is 0. The van der Waals surface area contributed by atoms with Crippen molar-refractivity contribution in [3.63, 3.8) is 0 Å². The number of hydrogen-bond acceptors (Lipinski definition) is 5. The second-order valence-corrected chi connectivity index (χ2v) is 5.28. The minimum absolute atomic E-state index is 0.0263. The average molecular weight is 235 g/mol. The highest BCUT2D eigenvalue weighted by Gasteiger charge is 2.27. The second kappa shape index (κ2) is 5.44. The minimum Gasteiger partial charge on any atom is -0.280 e. The maximum Gasteiger partial charge on any atom is 0.506 e. The highest BCUT2D eigenvalue weighted by Crippen LogP contribution is 2.49. The third-order valence-electron chi connectivity index (χ3n) is 2.49. The van der Waals surface area contributed by atoms with E-state index in [1.54, 1.807) is 0 Å². The van der Waals surface area contributed by atoms with Gasteiger partial charge in [0.15, 0.2) is 0 Å². The van der Waals surface area contributed by atoms with Gasteiger partial charge in [-0.2, -0.15) is 0 Å². The topological polar surface area (TPSA) is 88.4 Å². The molecule has 86 valence electrons. The van der Waals surface area contributed by atoms with E-state index in [0.717, 1.165) is 25.9 Å². The number of rotatable bonds is 5. The molecule has 8 heteroatoms. The summed E-state index contributed by atoms with van der Waals surface area (Å²) >= 11 is 0. The van der Waals surface area contributed by atoms with Crippen LogP contribution in [0.1, 0.15) is 19.8 Å². The molecule has 1 aliphatic heterocycles. The van der Waals surface area contributed by atoms with Crippen molar-refractivity contribution in [1.82, 2.24) is 4.90 Å². The van der Waals surface area contributed by atoms with E-state index < -0.39 is 7.67 Å². The van der Waals surface area contributed by atoms with Crippen LogP contribution in [0.25, 0.3) is 0 Å². The van der Waals surface area contributed by atoms with Crippen LogP contribution < -0.4 is 0 Å². The van der Waals surface area contributed by atoms with Gasteiger partial charge in [-0.15, -0.1) is 9.81 Å². The summed E-state index contributed by atoms with van der Waals surface area (Å²) in [6, 6.07) is 0. The van der Waals surface area contributed by atoms with Crippen molar-refractivity contribution in [3.8, 4) is 0 Å². The Balaban J connectivity index is 2.34. The molecular formula is C7H14N3O4P. The normalized spacial score (nSPS) is 20.1. The first-order valence-corrected chi connectivity index (χ1v) is 6.29. The number of nitrogens with zero attached hydrogens (tertiary/aromatic N) is 3. The third kappa shape index (κ3) is 3.77. The molecule has 0 N–H and O–H groups in total. The fourth-order valence-corrected chi connectivity index (χ4v) is 1.85. The van der Waals surface area contributed by atoms with E-state index in [1.165, 1.54) is 0 Å². The van der Waals surface area contributed by atoms with Crippen LogP contribution in [0, 0.1) is 15.7 Å². The van der Waals surface area contributed by atoms with Gasteiger partial charge in [-0.1, -0.05) is 6.92 Å². The molecule has 0 aromatic carbocycles. The molecule has 1 aliphatic rings. The number of hydrogen-bond donors (Lipinski definition) is 0. The van der Waals surface area contributed by atoms with E-state index in [2.05, 4.69) is 21.3 Å². The molecule has 1 saturated heterocycles. The van der Waals surface area contributed by atoms with E-state index in [1.807, 2.05) is 4.90 Å². The molecular weight excluding hydrogens is 221 g/mol. The predicted octanol–water partition coefficient (Wildman–Crippen LogP) is 2.33. The first-order chi connectivity index (χ1) is 7.09. The summed E-state index contributed by atoms with van der Waals surface area (Å²) < 4.78 is 15.7. The molecule has 0 spiro atoms. The zero-order chi connectivity index (χ0) is 11.3. The van der Waals surface area contributed by atoms with Crippen LogP contribution in [0.3, 0.4) is 0 Å². The first kappa shape index (κ1) is 12.4.